The molecule has 0 radical (unpaired) electrons. The van der Waals surface area contributed by atoms with Crippen molar-refractivity contribution in [2.45, 2.75) is 6.42 Å². The molecule has 13 heavy (non-hydrogen) atoms. The molecule has 1 aromatic carbocycles. The van der Waals surface area contributed by atoms with E-state index in [9.17, 15) is 4.79 Å². The number of carboxylic acid groups (broad SMARTS) is 1. The quantitative estimate of drug-likeness (QED) is 0.755. The fraction of sp³-hybridized carbons (Fsp3) is 0.100. The number of carboxylic acids is 1. The van der Waals surface area contributed by atoms with Crippen LogP contribution >= 0.6 is 11.6 Å². The van der Waals surface area contributed by atoms with E-state index in [4.69, 9.17) is 16.7 Å². The summed E-state index contributed by atoms with van der Waals surface area (Å²) in [6.07, 6.45) is 0.287. The molecule has 0 bridgehead atoms. The van der Waals surface area contributed by atoms with Crippen molar-refractivity contribution in [1.29, 1.82) is 0 Å². The van der Waals surface area contributed by atoms with Crippen molar-refractivity contribution in [2.24, 2.45) is 0 Å². The molecule has 68 valence electrons. The Bertz CT molecular complexity index is 345. The minimum atomic E-state index is -0.986. The molecule has 0 unspecified atom stereocenters. The Morgan fingerprint density at radius 1 is 1.46 bits per heavy atom. The third-order valence-electron chi connectivity index (χ3n) is 1.66. The van der Waals surface area contributed by atoms with Gasteiger partial charge in [-0.1, -0.05) is 36.4 Å². The van der Waals surface area contributed by atoms with E-state index in [-0.39, 0.29) is 12.0 Å². The summed E-state index contributed by atoms with van der Waals surface area (Å²) in [5.41, 5.74) is 0.935. The highest BCUT2D eigenvalue weighted by atomic mass is 35.5. The zero-order chi connectivity index (χ0) is 9.84. The van der Waals surface area contributed by atoms with Crippen molar-refractivity contribution in [1.82, 2.24) is 0 Å². The SMILES string of the molecule is C=C(Cc1ccccc1Cl)C(=O)O. The van der Waals surface area contributed by atoms with Crippen molar-refractivity contribution in [3.8, 4) is 0 Å². The first-order chi connectivity index (χ1) is 6.11. The summed E-state index contributed by atoms with van der Waals surface area (Å²) in [5, 5.41) is 9.17. The predicted octanol–water partition coefficient (Wildman–Crippen LogP) is 2.52. The van der Waals surface area contributed by atoms with E-state index in [0.717, 1.165) is 5.56 Å². The molecule has 2 nitrogen and oxygen atoms in total. The number of benzene rings is 1. The van der Waals surface area contributed by atoms with Gasteiger partial charge in [0.15, 0.2) is 0 Å². The standard InChI is InChI=1S/C10H9ClO2/c1-7(10(12)13)6-8-4-2-3-5-9(8)11/h2-5H,1,6H2,(H,12,13). The lowest BCUT2D eigenvalue weighted by Crippen LogP contribution is -2.02. The lowest BCUT2D eigenvalue weighted by atomic mass is 10.1. The number of carbonyl (C=O) groups is 1. The van der Waals surface area contributed by atoms with E-state index in [2.05, 4.69) is 6.58 Å². The van der Waals surface area contributed by atoms with E-state index in [1.807, 2.05) is 6.07 Å². The van der Waals surface area contributed by atoms with Gasteiger partial charge in [-0.25, -0.2) is 4.79 Å². The highest BCUT2D eigenvalue weighted by Gasteiger charge is 2.06. The van der Waals surface area contributed by atoms with Crippen LogP contribution in [-0.4, -0.2) is 11.1 Å². The topological polar surface area (TPSA) is 37.3 Å². The average Bonchev–Trinajstić information content (AvgIpc) is 2.08. The Balaban J connectivity index is 2.81. The molecule has 1 aromatic rings. The molecule has 0 fully saturated rings. The molecule has 0 saturated carbocycles. The van der Waals surface area contributed by atoms with Gasteiger partial charge in [0.2, 0.25) is 0 Å². The molecule has 0 spiro atoms. The number of hydrogen-bond acceptors (Lipinski definition) is 1. The minimum Gasteiger partial charge on any atom is -0.478 e. The van der Waals surface area contributed by atoms with Crippen LogP contribution in [0.4, 0.5) is 0 Å². The highest BCUT2D eigenvalue weighted by molar-refractivity contribution is 6.31. The zero-order valence-electron chi connectivity index (χ0n) is 6.96. The first kappa shape index (κ1) is 9.81. The second-order valence-electron chi connectivity index (χ2n) is 2.68. The number of aliphatic carboxylic acids is 1. The van der Waals surface area contributed by atoms with E-state index in [0.29, 0.717) is 5.02 Å². The largest absolute Gasteiger partial charge is 0.478 e. The van der Waals surface area contributed by atoms with Crippen molar-refractivity contribution in [3.05, 3.63) is 47.0 Å². The third-order valence-corrected chi connectivity index (χ3v) is 2.03. The third kappa shape index (κ3) is 2.60. The van der Waals surface area contributed by atoms with E-state index in [1.54, 1.807) is 18.2 Å². The van der Waals surface area contributed by atoms with Crippen LogP contribution < -0.4 is 0 Å². The van der Waals surface area contributed by atoms with Gasteiger partial charge < -0.3 is 5.11 Å². The molecule has 1 N–H and O–H groups in total. The highest BCUT2D eigenvalue weighted by Crippen LogP contribution is 2.17. The van der Waals surface area contributed by atoms with Crippen LogP contribution in [-0.2, 0) is 11.2 Å². The fourth-order valence-corrected chi connectivity index (χ4v) is 1.15. The van der Waals surface area contributed by atoms with Crippen LogP contribution in [0.15, 0.2) is 36.4 Å². The molecule has 3 heteroatoms. The van der Waals surface area contributed by atoms with E-state index >= 15 is 0 Å². The maximum absolute atomic E-state index is 10.5. The summed E-state index contributed by atoms with van der Waals surface area (Å²) in [4.78, 5) is 10.5. The van der Waals surface area contributed by atoms with Crippen LogP contribution in [0, 0.1) is 0 Å². The van der Waals surface area contributed by atoms with Gasteiger partial charge in [0.05, 0.1) is 0 Å². The smallest absolute Gasteiger partial charge is 0.331 e. The Labute approximate surface area is 81.5 Å². The van der Waals surface area contributed by atoms with Crippen molar-refractivity contribution in [2.75, 3.05) is 0 Å². The van der Waals surface area contributed by atoms with Crippen molar-refractivity contribution >= 4 is 17.6 Å². The van der Waals surface area contributed by atoms with Crippen molar-refractivity contribution < 1.29 is 9.90 Å². The lowest BCUT2D eigenvalue weighted by Gasteiger charge is -2.02. The molecule has 0 aliphatic rings. The minimum absolute atomic E-state index is 0.146. The Hall–Kier alpha value is -1.28. The number of hydrogen-bond donors (Lipinski definition) is 1. The van der Waals surface area contributed by atoms with Gasteiger partial charge in [0.1, 0.15) is 0 Å². The van der Waals surface area contributed by atoms with Gasteiger partial charge in [0, 0.05) is 17.0 Å². The molecule has 0 heterocycles. The summed E-state index contributed by atoms with van der Waals surface area (Å²) in [6.45, 7) is 3.43. The van der Waals surface area contributed by atoms with Gasteiger partial charge in [-0.15, -0.1) is 0 Å². The maximum Gasteiger partial charge on any atom is 0.331 e. The van der Waals surface area contributed by atoms with Crippen LogP contribution in [0.1, 0.15) is 5.56 Å². The monoisotopic (exact) mass is 196 g/mol. The van der Waals surface area contributed by atoms with Crippen molar-refractivity contribution in [3.63, 3.8) is 0 Å². The summed E-state index contributed by atoms with van der Waals surface area (Å²) >= 11 is 5.84. The zero-order valence-corrected chi connectivity index (χ0v) is 7.71. The predicted molar refractivity (Wildman–Crippen MR) is 51.9 cm³/mol. The lowest BCUT2D eigenvalue weighted by molar-refractivity contribution is -0.132. The molecule has 0 aromatic heterocycles. The van der Waals surface area contributed by atoms with Crippen LogP contribution in [0.3, 0.4) is 0 Å². The first-order valence-corrected chi connectivity index (χ1v) is 4.13. The summed E-state index contributed by atoms with van der Waals surface area (Å²) in [7, 11) is 0. The average molecular weight is 197 g/mol. The van der Waals surface area contributed by atoms with E-state index in [1.165, 1.54) is 0 Å². The van der Waals surface area contributed by atoms with Gasteiger partial charge in [-0.3, -0.25) is 0 Å². The van der Waals surface area contributed by atoms with Gasteiger partial charge in [-0.05, 0) is 11.6 Å². The molecule has 0 aliphatic carbocycles. The summed E-state index contributed by atoms with van der Waals surface area (Å²) in [6, 6.07) is 7.13. The molecule has 1 rings (SSSR count). The van der Waals surface area contributed by atoms with Crippen LogP contribution in [0.5, 0.6) is 0 Å². The normalized spacial score (nSPS) is 9.62. The Morgan fingerprint density at radius 3 is 2.62 bits per heavy atom. The first-order valence-electron chi connectivity index (χ1n) is 3.75. The number of rotatable bonds is 3. The van der Waals surface area contributed by atoms with Crippen LogP contribution in [0.2, 0.25) is 5.02 Å². The van der Waals surface area contributed by atoms with Gasteiger partial charge in [-0.2, -0.15) is 0 Å². The Morgan fingerprint density at radius 2 is 2.08 bits per heavy atom. The maximum atomic E-state index is 10.5. The molecular weight excluding hydrogens is 188 g/mol. The Kier molecular flexibility index (Phi) is 3.09. The summed E-state index contributed by atoms with van der Waals surface area (Å²) < 4.78 is 0. The van der Waals surface area contributed by atoms with Gasteiger partial charge >= 0.3 is 5.97 Å². The van der Waals surface area contributed by atoms with E-state index < -0.39 is 5.97 Å². The summed E-state index contributed by atoms with van der Waals surface area (Å²) in [5.74, 6) is -0.986. The molecular formula is C10H9ClO2. The molecule has 0 aliphatic heterocycles. The second kappa shape index (κ2) is 4.10. The number of halogens is 1. The fourth-order valence-electron chi connectivity index (χ4n) is 0.947. The molecule has 0 amide bonds. The second-order valence-corrected chi connectivity index (χ2v) is 3.08. The molecule has 0 atom stereocenters. The van der Waals surface area contributed by atoms with Crippen LogP contribution in [0.25, 0.3) is 0 Å². The van der Waals surface area contributed by atoms with Gasteiger partial charge in [0.25, 0.3) is 0 Å². The molecule has 0 saturated heterocycles.